The van der Waals surface area contributed by atoms with Crippen molar-refractivity contribution in [3.63, 3.8) is 0 Å². The molecule has 1 aromatic carbocycles. The molecule has 0 amide bonds. The first-order valence-electron chi connectivity index (χ1n) is 4.93. The zero-order valence-electron chi connectivity index (χ0n) is 8.86. The molecule has 0 unspecified atom stereocenters. The summed E-state index contributed by atoms with van der Waals surface area (Å²) >= 11 is 2.87. The fourth-order valence-electron chi connectivity index (χ4n) is 1.17. The number of nitrogens with zero attached hydrogens (tertiary/aromatic N) is 1. The highest BCUT2D eigenvalue weighted by molar-refractivity contribution is 9.10. The number of benzene rings is 1. The maximum atomic E-state index is 13.2. The smallest absolute Gasteiger partial charge is 0.312 e. The summed E-state index contributed by atoms with van der Waals surface area (Å²) in [7, 11) is 0. The van der Waals surface area contributed by atoms with Gasteiger partial charge in [0.05, 0.1) is 16.0 Å². The molecule has 0 fully saturated rings. The van der Waals surface area contributed by atoms with Crippen molar-refractivity contribution in [2.24, 2.45) is 0 Å². The third-order valence-electron chi connectivity index (χ3n) is 2.01. The van der Waals surface area contributed by atoms with E-state index in [0.717, 1.165) is 12.1 Å². The summed E-state index contributed by atoms with van der Waals surface area (Å²) in [6, 6.07) is 2.04. The normalized spacial score (nSPS) is 10.3. The van der Waals surface area contributed by atoms with Gasteiger partial charge < -0.3 is 9.84 Å². The van der Waals surface area contributed by atoms with Crippen molar-refractivity contribution in [2.45, 2.75) is 12.8 Å². The third-order valence-corrected chi connectivity index (χ3v) is 2.62. The summed E-state index contributed by atoms with van der Waals surface area (Å²) in [5.74, 6) is -0.721. The molecule has 7 heteroatoms. The number of halogens is 2. The van der Waals surface area contributed by atoms with Gasteiger partial charge in [-0.1, -0.05) is 0 Å². The fraction of sp³-hybridized carbons (Fsp3) is 0.400. The van der Waals surface area contributed by atoms with E-state index in [1.54, 1.807) is 0 Å². The van der Waals surface area contributed by atoms with Gasteiger partial charge in [0.25, 0.3) is 0 Å². The number of hydrogen-bond donors (Lipinski definition) is 1. The second-order valence-electron chi connectivity index (χ2n) is 3.27. The minimum atomic E-state index is -0.633. The average Bonchev–Trinajstić information content (AvgIpc) is 2.28. The standard InChI is InChI=1S/C10H11BrFNO4/c11-7-5-9(13(15)16)10(6-8(7)12)17-4-2-1-3-14/h5-6,14H,1-4H2. The first-order chi connectivity index (χ1) is 8.06. The van der Waals surface area contributed by atoms with Crippen molar-refractivity contribution < 1.29 is 19.2 Å². The van der Waals surface area contributed by atoms with Gasteiger partial charge in [-0.15, -0.1) is 0 Å². The van der Waals surface area contributed by atoms with Crippen molar-refractivity contribution in [3.8, 4) is 5.75 Å². The summed E-state index contributed by atoms with van der Waals surface area (Å²) < 4.78 is 18.4. The molecule has 0 aliphatic rings. The van der Waals surface area contributed by atoms with Crippen LogP contribution in [0.15, 0.2) is 16.6 Å². The number of hydrogen-bond acceptors (Lipinski definition) is 4. The topological polar surface area (TPSA) is 72.6 Å². The Morgan fingerprint density at radius 3 is 2.76 bits per heavy atom. The lowest BCUT2D eigenvalue weighted by Crippen LogP contribution is -2.02. The first kappa shape index (κ1) is 13.9. The third kappa shape index (κ3) is 3.94. The number of aliphatic hydroxyl groups is 1. The summed E-state index contributed by atoms with van der Waals surface area (Å²) in [6.07, 6.45) is 1.08. The van der Waals surface area contributed by atoms with E-state index in [-0.39, 0.29) is 29.1 Å². The van der Waals surface area contributed by atoms with Crippen LogP contribution in [0.4, 0.5) is 10.1 Å². The van der Waals surface area contributed by atoms with Crippen molar-refractivity contribution in [3.05, 3.63) is 32.5 Å². The summed E-state index contributed by atoms with van der Waals surface area (Å²) in [6.45, 7) is 0.225. The van der Waals surface area contributed by atoms with E-state index in [1.807, 2.05) is 0 Å². The molecular weight excluding hydrogens is 297 g/mol. The monoisotopic (exact) mass is 307 g/mol. The zero-order valence-corrected chi connectivity index (χ0v) is 10.4. The molecular formula is C10H11BrFNO4. The number of unbranched alkanes of at least 4 members (excludes halogenated alkanes) is 1. The van der Waals surface area contributed by atoms with E-state index in [2.05, 4.69) is 15.9 Å². The highest BCUT2D eigenvalue weighted by Gasteiger charge is 2.18. The van der Waals surface area contributed by atoms with Crippen LogP contribution < -0.4 is 4.74 Å². The second-order valence-corrected chi connectivity index (χ2v) is 4.12. The van der Waals surface area contributed by atoms with Crippen LogP contribution in [0.5, 0.6) is 5.75 Å². The van der Waals surface area contributed by atoms with E-state index in [1.165, 1.54) is 0 Å². The maximum absolute atomic E-state index is 13.2. The van der Waals surface area contributed by atoms with Crippen LogP contribution in [0.25, 0.3) is 0 Å². The molecule has 0 heterocycles. The van der Waals surface area contributed by atoms with Gasteiger partial charge in [0.15, 0.2) is 5.75 Å². The molecule has 1 aromatic rings. The Labute approximate surface area is 105 Å². The maximum Gasteiger partial charge on any atom is 0.312 e. The van der Waals surface area contributed by atoms with Crippen LogP contribution >= 0.6 is 15.9 Å². The molecule has 0 aliphatic carbocycles. The molecule has 0 saturated carbocycles. The Morgan fingerprint density at radius 1 is 1.47 bits per heavy atom. The molecule has 5 nitrogen and oxygen atoms in total. The number of aliphatic hydroxyl groups excluding tert-OH is 1. The van der Waals surface area contributed by atoms with Crippen LogP contribution in [0.2, 0.25) is 0 Å². The van der Waals surface area contributed by atoms with Crippen LogP contribution in [-0.2, 0) is 0 Å². The molecule has 94 valence electrons. The van der Waals surface area contributed by atoms with Crippen molar-refractivity contribution in [2.75, 3.05) is 13.2 Å². The van der Waals surface area contributed by atoms with Gasteiger partial charge in [0.1, 0.15) is 5.82 Å². The number of nitro groups is 1. The molecule has 0 aromatic heterocycles. The predicted molar refractivity (Wildman–Crippen MR) is 62.6 cm³/mol. The van der Waals surface area contributed by atoms with Gasteiger partial charge in [-0.25, -0.2) is 4.39 Å². The molecule has 0 atom stereocenters. The number of ether oxygens (including phenoxy) is 1. The lowest BCUT2D eigenvalue weighted by atomic mass is 10.3. The van der Waals surface area contributed by atoms with Crippen molar-refractivity contribution in [1.82, 2.24) is 0 Å². The molecule has 0 aliphatic heterocycles. The number of rotatable bonds is 6. The van der Waals surface area contributed by atoms with Crippen LogP contribution in [-0.4, -0.2) is 23.2 Å². The highest BCUT2D eigenvalue weighted by atomic mass is 79.9. The second kappa shape index (κ2) is 6.51. The van der Waals surface area contributed by atoms with E-state index in [0.29, 0.717) is 12.8 Å². The summed E-state index contributed by atoms with van der Waals surface area (Å²) in [5.41, 5.74) is -0.290. The lowest BCUT2D eigenvalue weighted by molar-refractivity contribution is -0.386. The SMILES string of the molecule is O=[N+]([O-])c1cc(Br)c(F)cc1OCCCCO. The molecule has 17 heavy (non-hydrogen) atoms. The Kier molecular flexibility index (Phi) is 5.30. The Morgan fingerprint density at radius 2 is 2.18 bits per heavy atom. The van der Waals surface area contributed by atoms with Crippen LogP contribution in [0, 0.1) is 15.9 Å². The van der Waals surface area contributed by atoms with Gasteiger partial charge >= 0.3 is 5.69 Å². The van der Waals surface area contributed by atoms with Gasteiger partial charge in [0.2, 0.25) is 0 Å². The molecule has 0 saturated heterocycles. The first-order valence-corrected chi connectivity index (χ1v) is 5.72. The largest absolute Gasteiger partial charge is 0.487 e. The van der Waals surface area contributed by atoms with E-state index < -0.39 is 10.7 Å². The summed E-state index contributed by atoms with van der Waals surface area (Å²) in [4.78, 5) is 10.1. The van der Waals surface area contributed by atoms with E-state index >= 15 is 0 Å². The van der Waals surface area contributed by atoms with Crippen molar-refractivity contribution >= 4 is 21.6 Å². The van der Waals surface area contributed by atoms with Crippen molar-refractivity contribution in [1.29, 1.82) is 0 Å². The van der Waals surface area contributed by atoms with Gasteiger partial charge in [0, 0.05) is 18.7 Å². The zero-order chi connectivity index (χ0) is 12.8. The Hall–Kier alpha value is -1.21. The molecule has 0 spiro atoms. The van der Waals surface area contributed by atoms with E-state index in [9.17, 15) is 14.5 Å². The van der Waals surface area contributed by atoms with Gasteiger partial charge in [-0.3, -0.25) is 10.1 Å². The highest BCUT2D eigenvalue weighted by Crippen LogP contribution is 2.32. The minimum absolute atomic E-state index is 0.0203. The molecule has 0 radical (unpaired) electrons. The van der Waals surface area contributed by atoms with Gasteiger partial charge in [-0.05, 0) is 28.8 Å². The average molecular weight is 308 g/mol. The Balaban J connectivity index is 2.81. The molecule has 1 rings (SSSR count). The van der Waals surface area contributed by atoms with Crippen LogP contribution in [0.1, 0.15) is 12.8 Å². The lowest BCUT2D eigenvalue weighted by Gasteiger charge is -2.07. The fourth-order valence-corrected chi connectivity index (χ4v) is 1.50. The molecule has 0 bridgehead atoms. The minimum Gasteiger partial charge on any atom is -0.487 e. The van der Waals surface area contributed by atoms with Crippen LogP contribution in [0.3, 0.4) is 0 Å². The summed E-state index contributed by atoms with van der Waals surface area (Å²) in [5, 5.41) is 19.3. The molecule has 1 N–H and O–H groups in total. The predicted octanol–water partition coefficient (Wildman–Crippen LogP) is 2.65. The Bertz CT molecular complexity index is 414. The van der Waals surface area contributed by atoms with Gasteiger partial charge in [-0.2, -0.15) is 0 Å². The van der Waals surface area contributed by atoms with E-state index in [4.69, 9.17) is 9.84 Å². The quantitative estimate of drug-likeness (QED) is 0.498. The number of nitro benzene ring substituents is 1.